The molecule has 0 aromatic rings. The molecule has 11 nitrogen and oxygen atoms in total. The van der Waals surface area contributed by atoms with Crippen LogP contribution in [0, 0.1) is 5.92 Å². The molecule has 0 aromatic carbocycles. The van der Waals surface area contributed by atoms with Gasteiger partial charge in [0.2, 0.25) is 5.91 Å². The number of ether oxygens (including phenoxy) is 1. The molecule has 33 heavy (non-hydrogen) atoms. The van der Waals surface area contributed by atoms with Crippen molar-refractivity contribution in [2.75, 3.05) is 39.3 Å². The van der Waals surface area contributed by atoms with Gasteiger partial charge in [-0.05, 0) is 40.5 Å². The molecule has 2 rings (SSSR count). The van der Waals surface area contributed by atoms with Gasteiger partial charge >= 0.3 is 18.0 Å². The van der Waals surface area contributed by atoms with Gasteiger partial charge < -0.3 is 30.9 Å². The van der Waals surface area contributed by atoms with Crippen molar-refractivity contribution in [1.29, 1.82) is 0 Å². The number of hydrogen-bond donors (Lipinski definition) is 3. The van der Waals surface area contributed by atoms with Crippen LogP contribution in [-0.4, -0.2) is 89.5 Å². The maximum absolute atomic E-state index is 13.0. The Hall–Kier alpha value is -2.98. The molecule has 0 aliphatic carbocycles. The Morgan fingerprint density at radius 3 is 2.24 bits per heavy atom. The van der Waals surface area contributed by atoms with E-state index >= 15 is 0 Å². The number of nitrogens with one attached hydrogen (secondary N) is 2. The van der Waals surface area contributed by atoms with E-state index in [-0.39, 0.29) is 44.6 Å². The molecule has 0 saturated carbocycles. The summed E-state index contributed by atoms with van der Waals surface area (Å²) in [6, 6.07) is -1.64. The van der Waals surface area contributed by atoms with Crippen LogP contribution in [0.3, 0.4) is 0 Å². The van der Waals surface area contributed by atoms with Crippen molar-refractivity contribution in [3.05, 3.63) is 12.4 Å². The summed E-state index contributed by atoms with van der Waals surface area (Å²) in [4.78, 5) is 54.8. The topological polar surface area (TPSA) is 137 Å². The number of carbonyl (C=O) groups excluding carboxylic acids is 4. The second-order valence-electron chi connectivity index (χ2n) is 9.04. The average Bonchev–Trinajstić information content (AvgIpc) is 2.70. The number of esters is 1. The van der Waals surface area contributed by atoms with Gasteiger partial charge in [-0.1, -0.05) is 14.0 Å². The number of rotatable bonds is 7. The van der Waals surface area contributed by atoms with Crippen LogP contribution in [-0.2, 0) is 14.3 Å². The number of likely N-dealkylation sites (tertiary alicyclic amines) is 1. The Morgan fingerprint density at radius 1 is 1.15 bits per heavy atom. The number of hydrogen-bond acceptors (Lipinski definition) is 7. The van der Waals surface area contributed by atoms with E-state index in [9.17, 15) is 19.2 Å². The molecule has 2 heterocycles. The number of carbonyl (C=O) groups is 4. The molecule has 2 saturated heterocycles. The van der Waals surface area contributed by atoms with Crippen molar-refractivity contribution in [2.24, 2.45) is 11.7 Å². The molecule has 0 spiro atoms. The van der Waals surface area contributed by atoms with Crippen LogP contribution in [0.1, 0.15) is 48.0 Å². The lowest BCUT2D eigenvalue weighted by Crippen LogP contribution is -2.70. The summed E-state index contributed by atoms with van der Waals surface area (Å²) < 4.78 is 5.12. The zero-order valence-corrected chi connectivity index (χ0v) is 19.5. The quantitative estimate of drug-likeness (QED) is 0.289. The van der Waals surface area contributed by atoms with Gasteiger partial charge in [-0.2, -0.15) is 0 Å². The van der Waals surface area contributed by atoms with Crippen LogP contribution < -0.4 is 16.4 Å². The number of nitrogens with zero attached hydrogens (tertiary/aromatic N) is 3. The van der Waals surface area contributed by atoms with Gasteiger partial charge in [0.15, 0.2) is 6.04 Å². The van der Waals surface area contributed by atoms with Crippen LogP contribution in [0.5, 0.6) is 0 Å². The third kappa shape index (κ3) is 7.26. The van der Waals surface area contributed by atoms with E-state index in [0.717, 1.165) is 4.90 Å². The summed E-state index contributed by atoms with van der Waals surface area (Å²) in [5, 5.41) is 5.77. The molecule has 2 atom stereocenters. The molecule has 2 aliphatic rings. The van der Waals surface area contributed by atoms with E-state index in [1.807, 2.05) is 20.8 Å². The van der Waals surface area contributed by atoms with Gasteiger partial charge in [0.1, 0.15) is 0 Å². The molecule has 2 aliphatic heterocycles. The average molecular weight is 469 g/mol. The monoisotopic (exact) mass is 468 g/mol. The Labute approximate surface area is 196 Å². The minimum absolute atomic E-state index is 0. The van der Waals surface area contributed by atoms with E-state index in [0.29, 0.717) is 38.3 Å². The molecule has 11 heteroatoms. The van der Waals surface area contributed by atoms with Crippen molar-refractivity contribution in [2.45, 2.75) is 59.5 Å². The van der Waals surface area contributed by atoms with E-state index in [4.69, 9.17) is 10.5 Å². The third-order valence-corrected chi connectivity index (χ3v) is 5.31. The largest absolute Gasteiger partial charge is 0.464 e. The fourth-order valence-corrected chi connectivity index (χ4v) is 3.76. The molecule has 0 aromatic heterocycles. The fourth-order valence-electron chi connectivity index (χ4n) is 3.76. The molecule has 0 bridgehead atoms. The lowest BCUT2D eigenvalue weighted by Gasteiger charge is -2.46. The number of β-lactam (4-membered cyclic amide) rings is 1. The smallest absolute Gasteiger partial charge is 0.330 e. The maximum Gasteiger partial charge on any atom is 0.330 e. The standard InChI is InChI=1S/C21H36N6O5.CH4/c1-6-32-18(29)16-15(8-7-9-23-14(2)22)17(28)27(16)20(31)26-12-10-25(11-13-26)19(30)24-21(3,4)5;/h15-16,23H,2,6-13,22H2,1,3-5H3,(H,24,30);1H4/t15-,16?;/m1./s1. The van der Waals surface area contributed by atoms with E-state index in [1.54, 1.807) is 11.8 Å². The summed E-state index contributed by atoms with van der Waals surface area (Å²) in [6.45, 7) is 12.8. The highest BCUT2D eigenvalue weighted by Gasteiger charge is 2.55. The van der Waals surface area contributed by atoms with E-state index in [2.05, 4.69) is 17.2 Å². The number of imide groups is 1. The highest BCUT2D eigenvalue weighted by atomic mass is 16.5. The van der Waals surface area contributed by atoms with Crippen LogP contribution in [0.15, 0.2) is 12.4 Å². The zero-order chi connectivity index (χ0) is 24.1. The Morgan fingerprint density at radius 2 is 1.73 bits per heavy atom. The molecule has 5 amide bonds. The van der Waals surface area contributed by atoms with Gasteiger partial charge in [-0.3, -0.25) is 4.79 Å². The Balaban J connectivity index is 0.00000544. The number of nitrogens with two attached hydrogens (primary N) is 1. The van der Waals surface area contributed by atoms with Crippen molar-refractivity contribution >= 4 is 23.9 Å². The van der Waals surface area contributed by atoms with Crippen LogP contribution >= 0.6 is 0 Å². The van der Waals surface area contributed by atoms with E-state index < -0.39 is 24.0 Å². The van der Waals surface area contributed by atoms with Crippen LogP contribution in [0.25, 0.3) is 0 Å². The second kappa shape index (κ2) is 11.8. The minimum Gasteiger partial charge on any atom is -0.464 e. The summed E-state index contributed by atoms with van der Waals surface area (Å²) in [6.07, 6.45) is 1.01. The van der Waals surface area contributed by atoms with Gasteiger partial charge in [0, 0.05) is 38.3 Å². The Bertz CT molecular complexity index is 742. The first-order valence-electron chi connectivity index (χ1n) is 11.0. The molecule has 188 valence electrons. The fraction of sp³-hybridized carbons (Fsp3) is 0.727. The van der Waals surface area contributed by atoms with Crippen LogP contribution in [0.4, 0.5) is 9.59 Å². The highest BCUT2D eigenvalue weighted by molar-refractivity contribution is 6.07. The van der Waals surface area contributed by atoms with E-state index in [1.165, 1.54) is 4.90 Å². The van der Waals surface area contributed by atoms with Crippen molar-refractivity contribution in [1.82, 2.24) is 25.3 Å². The maximum atomic E-state index is 13.0. The zero-order valence-electron chi connectivity index (χ0n) is 19.5. The summed E-state index contributed by atoms with van der Waals surface area (Å²) >= 11 is 0. The molecular weight excluding hydrogens is 428 g/mol. The summed E-state index contributed by atoms with van der Waals surface area (Å²) in [5.41, 5.74) is 5.11. The molecule has 2 fully saturated rings. The van der Waals surface area contributed by atoms with Gasteiger partial charge in [0.05, 0.1) is 18.3 Å². The van der Waals surface area contributed by atoms with Crippen LogP contribution in [0.2, 0.25) is 0 Å². The predicted octanol–water partition coefficient (Wildman–Crippen LogP) is 1.06. The lowest BCUT2D eigenvalue weighted by molar-refractivity contribution is -0.170. The summed E-state index contributed by atoms with van der Waals surface area (Å²) in [5.74, 6) is -1.24. The SMILES string of the molecule is C.C=C(N)NCCC[C@H]1C(=O)N(C(=O)N2CCN(C(=O)NC(C)(C)C)CC2)C1C(=O)OCC. The third-order valence-electron chi connectivity index (χ3n) is 5.31. The minimum atomic E-state index is -0.932. The first-order chi connectivity index (χ1) is 15.0. The number of amides is 5. The van der Waals surface area contributed by atoms with Gasteiger partial charge in [0.25, 0.3) is 0 Å². The first kappa shape index (κ1) is 28.1. The number of urea groups is 2. The molecule has 0 radical (unpaired) electrons. The Kier molecular flexibility index (Phi) is 10.00. The van der Waals surface area contributed by atoms with Gasteiger partial charge in [-0.25, -0.2) is 19.3 Å². The molecular formula is C22H40N6O5. The van der Waals surface area contributed by atoms with Crippen molar-refractivity contribution < 1.29 is 23.9 Å². The van der Waals surface area contributed by atoms with Crippen molar-refractivity contribution in [3.8, 4) is 0 Å². The molecule has 1 unspecified atom stereocenters. The highest BCUT2D eigenvalue weighted by Crippen LogP contribution is 2.33. The predicted molar refractivity (Wildman–Crippen MR) is 125 cm³/mol. The summed E-state index contributed by atoms with van der Waals surface area (Å²) in [7, 11) is 0. The lowest BCUT2D eigenvalue weighted by atomic mass is 9.83. The number of piperazine rings is 1. The second-order valence-corrected chi connectivity index (χ2v) is 9.04. The van der Waals surface area contributed by atoms with Gasteiger partial charge in [-0.15, -0.1) is 0 Å². The normalized spacial score (nSPS) is 20.4. The molecule has 4 N–H and O–H groups in total. The van der Waals surface area contributed by atoms with Crippen molar-refractivity contribution in [3.63, 3.8) is 0 Å². The first-order valence-corrected chi connectivity index (χ1v) is 11.0.